The van der Waals surface area contributed by atoms with Gasteiger partial charge in [-0.05, 0) is 47.6 Å². The van der Waals surface area contributed by atoms with Gasteiger partial charge >= 0.3 is 0 Å². The van der Waals surface area contributed by atoms with Crippen LogP contribution in [0.25, 0.3) is 6.08 Å². The van der Waals surface area contributed by atoms with Crippen molar-refractivity contribution in [2.75, 3.05) is 26.2 Å². The van der Waals surface area contributed by atoms with E-state index in [1.54, 1.807) is 6.08 Å². The van der Waals surface area contributed by atoms with E-state index in [0.29, 0.717) is 26.1 Å². The number of carbonyl (C=O) groups is 3. The standard InChI is InChI=1S/C38H45IN4O3/c39-24-29-18-16-28(17-19-29)20-21-36(44)40-25-33-22-23-43(27-34(30-10-4-1-5-11-30)31-12-6-2-7-13-31)38(46)35(42-33)26-41-37(45)32-14-8-3-9-15-32/h1-2,4-7,10-13,16-21,32-35,42H,3,8-9,14-15,22-27H2,(H,40,44)(H,41,45)/b21-20+/t33-,35-/m0/s1. The third kappa shape index (κ3) is 9.75. The van der Waals surface area contributed by atoms with Gasteiger partial charge in [0.2, 0.25) is 17.7 Å². The summed E-state index contributed by atoms with van der Waals surface area (Å²) in [6.45, 7) is 1.68. The summed E-state index contributed by atoms with van der Waals surface area (Å²) in [5.74, 6) is -0.132. The number of alkyl halides is 1. The van der Waals surface area contributed by atoms with Crippen LogP contribution in [-0.4, -0.2) is 60.9 Å². The molecule has 0 spiro atoms. The van der Waals surface area contributed by atoms with Crippen molar-refractivity contribution >= 4 is 46.4 Å². The smallest absolute Gasteiger partial charge is 0.244 e. The number of hydrogen-bond acceptors (Lipinski definition) is 4. The molecule has 2 aliphatic rings. The van der Waals surface area contributed by atoms with E-state index in [4.69, 9.17) is 0 Å². The molecule has 2 atom stereocenters. The Morgan fingerprint density at radius 2 is 1.50 bits per heavy atom. The minimum Gasteiger partial charge on any atom is -0.354 e. The minimum absolute atomic E-state index is 0.0103. The average molecular weight is 733 g/mol. The largest absolute Gasteiger partial charge is 0.354 e. The van der Waals surface area contributed by atoms with Gasteiger partial charge in [0, 0.05) is 54.6 Å². The first-order chi connectivity index (χ1) is 22.5. The Balaban J connectivity index is 1.28. The lowest BCUT2D eigenvalue weighted by atomic mass is 9.88. The minimum atomic E-state index is -0.587. The molecule has 1 heterocycles. The van der Waals surface area contributed by atoms with Crippen LogP contribution in [0.15, 0.2) is 91.0 Å². The van der Waals surface area contributed by atoms with E-state index in [0.717, 1.165) is 46.8 Å². The molecule has 1 saturated carbocycles. The van der Waals surface area contributed by atoms with Gasteiger partial charge in [-0.15, -0.1) is 0 Å². The van der Waals surface area contributed by atoms with E-state index >= 15 is 0 Å². The number of halogens is 1. The molecule has 0 aromatic heterocycles. The second-order valence-electron chi connectivity index (χ2n) is 12.4. The van der Waals surface area contributed by atoms with Crippen molar-refractivity contribution in [3.05, 3.63) is 113 Å². The molecule has 2 fully saturated rings. The highest BCUT2D eigenvalue weighted by atomic mass is 127. The molecule has 3 N–H and O–H groups in total. The highest BCUT2D eigenvalue weighted by Gasteiger charge is 2.33. The van der Waals surface area contributed by atoms with Crippen LogP contribution in [-0.2, 0) is 18.8 Å². The first-order valence-electron chi connectivity index (χ1n) is 16.5. The molecule has 1 aliphatic carbocycles. The molecular weight excluding hydrogens is 687 g/mol. The Morgan fingerprint density at radius 3 is 2.13 bits per heavy atom. The number of carbonyl (C=O) groups excluding carboxylic acids is 3. The van der Waals surface area contributed by atoms with Crippen LogP contribution in [0, 0.1) is 5.92 Å². The van der Waals surface area contributed by atoms with Crippen LogP contribution < -0.4 is 16.0 Å². The maximum atomic E-state index is 14.1. The fourth-order valence-corrected chi connectivity index (χ4v) is 6.96. The second kappa shape index (κ2) is 17.4. The Bertz CT molecular complexity index is 1400. The van der Waals surface area contributed by atoms with Crippen LogP contribution in [0.2, 0.25) is 0 Å². The Morgan fingerprint density at radius 1 is 0.848 bits per heavy atom. The maximum Gasteiger partial charge on any atom is 0.244 e. The van der Waals surface area contributed by atoms with E-state index in [-0.39, 0.29) is 42.1 Å². The SMILES string of the molecule is O=C(/C=C/c1ccc(CI)cc1)NC[C@@H]1CCN(CC(c2ccccc2)c2ccccc2)C(=O)[C@H](CNC(=O)C2CCCCC2)N1. The molecule has 0 bridgehead atoms. The van der Waals surface area contributed by atoms with Gasteiger partial charge in [0.15, 0.2) is 0 Å². The van der Waals surface area contributed by atoms with Crippen molar-refractivity contribution in [1.82, 2.24) is 20.9 Å². The zero-order chi connectivity index (χ0) is 32.1. The summed E-state index contributed by atoms with van der Waals surface area (Å²) in [6.07, 6.45) is 9.19. The molecule has 5 rings (SSSR count). The molecule has 3 aromatic rings. The summed E-state index contributed by atoms with van der Waals surface area (Å²) in [4.78, 5) is 41.9. The van der Waals surface area contributed by atoms with Gasteiger partial charge in [0.1, 0.15) is 6.04 Å². The summed E-state index contributed by atoms with van der Waals surface area (Å²) in [5, 5.41) is 9.63. The number of benzene rings is 3. The normalized spacial score (nSPS) is 19.3. The molecule has 3 aromatic carbocycles. The first kappa shape index (κ1) is 33.9. The van der Waals surface area contributed by atoms with Crippen LogP contribution >= 0.6 is 22.6 Å². The molecule has 7 nitrogen and oxygen atoms in total. The molecule has 0 unspecified atom stereocenters. The monoisotopic (exact) mass is 732 g/mol. The summed E-state index contributed by atoms with van der Waals surface area (Å²) in [6, 6.07) is 28.1. The summed E-state index contributed by atoms with van der Waals surface area (Å²) < 4.78 is 0.945. The summed E-state index contributed by atoms with van der Waals surface area (Å²) in [7, 11) is 0. The third-order valence-corrected chi connectivity index (χ3v) is 10.0. The summed E-state index contributed by atoms with van der Waals surface area (Å²) in [5.41, 5.74) is 4.52. The summed E-state index contributed by atoms with van der Waals surface area (Å²) >= 11 is 2.33. The Hall–Kier alpha value is -3.50. The topological polar surface area (TPSA) is 90.5 Å². The van der Waals surface area contributed by atoms with Crippen LogP contribution in [0.5, 0.6) is 0 Å². The van der Waals surface area contributed by atoms with Crippen LogP contribution in [0.4, 0.5) is 0 Å². The molecule has 8 heteroatoms. The maximum absolute atomic E-state index is 14.1. The van der Waals surface area contributed by atoms with E-state index in [1.165, 1.54) is 12.0 Å². The van der Waals surface area contributed by atoms with Crippen molar-refractivity contribution in [1.29, 1.82) is 0 Å². The molecule has 3 amide bonds. The van der Waals surface area contributed by atoms with Crippen molar-refractivity contribution in [2.24, 2.45) is 5.92 Å². The van der Waals surface area contributed by atoms with Gasteiger partial charge in [0.05, 0.1) is 0 Å². The average Bonchev–Trinajstić information content (AvgIpc) is 3.26. The van der Waals surface area contributed by atoms with E-state index in [2.05, 4.69) is 74.9 Å². The fourth-order valence-electron chi connectivity index (χ4n) is 6.45. The quantitative estimate of drug-likeness (QED) is 0.124. The number of nitrogens with one attached hydrogen (secondary N) is 3. The highest BCUT2D eigenvalue weighted by molar-refractivity contribution is 14.1. The first-order valence-corrected chi connectivity index (χ1v) is 18.1. The van der Waals surface area contributed by atoms with Gasteiger partial charge in [0.25, 0.3) is 0 Å². The lowest BCUT2D eigenvalue weighted by Gasteiger charge is -2.30. The number of rotatable bonds is 12. The molecule has 1 aliphatic heterocycles. The van der Waals surface area contributed by atoms with Crippen LogP contribution in [0.1, 0.15) is 66.7 Å². The lowest BCUT2D eigenvalue weighted by Crippen LogP contribution is -2.54. The van der Waals surface area contributed by atoms with Gasteiger partial charge in [-0.2, -0.15) is 0 Å². The van der Waals surface area contributed by atoms with Gasteiger partial charge < -0.3 is 15.5 Å². The number of hydrogen-bond donors (Lipinski definition) is 3. The highest BCUT2D eigenvalue weighted by Crippen LogP contribution is 2.27. The molecule has 242 valence electrons. The fraction of sp³-hybridized carbons (Fsp3) is 0.395. The molecule has 46 heavy (non-hydrogen) atoms. The van der Waals surface area contributed by atoms with E-state index in [9.17, 15) is 14.4 Å². The molecular formula is C38H45IN4O3. The van der Waals surface area contributed by atoms with Crippen molar-refractivity contribution in [3.8, 4) is 0 Å². The van der Waals surface area contributed by atoms with Crippen molar-refractivity contribution in [2.45, 2.75) is 61.0 Å². The van der Waals surface area contributed by atoms with E-state index < -0.39 is 6.04 Å². The van der Waals surface area contributed by atoms with Gasteiger partial charge in [-0.25, -0.2) is 0 Å². The van der Waals surface area contributed by atoms with E-state index in [1.807, 2.05) is 59.5 Å². The second-order valence-corrected chi connectivity index (χ2v) is 13.2. The molecule has 1 saturated heterocycles. The van der Waals surface area contributed by atoms with Crippen LogP contribution in [0.3, 0.4) is 0 Å². The number of nitrogens with zero attached hydrogens (tertiary/aromatic N) is 1. The third-order valence-electron chi connectivity index (χ3n) is 9.14. The Labute approximate surface area is 286 Å². The Kier molecular flexibility index (Phi) is 12.8. The van der Waals surface area contributed by atoms with Gasteiger partial charge in [-0.3, -0.25) is 19.7 Å². The molecule has 0 radical (unpaired) electrons. The zero-order valence-electron chi connectivity index (χ0n) is 26.4. The number of amides is 3. The van der Waals surface area contributed by atoms with Crippen molar-refractivity contribution in [3.63, 3.8) is 0 Å². The lowest BCUT2D eigenvalue weighted by molar-refractivity contribution is -0.133. The van der Waals surface area contributed by atoms with Gasteiger partial charge in [-0.1, -0.05) is 127 Å². The zero-order valence-corrected chi connectivity index (χ0v) is 28.5. The predicted molar refractivity (Wildman–Crippen MR) is 192 cm³/mol. The van der Waals surface area contributed by atoms with Crippen molar-refractivity contribution < 1.29 is 14.4 Å². The predicted octanol–water partition coefficient (Wildman–Crippen LogP) is 5.84.